The van der Waals surface area contributed by atoms with Gasteiger partial charge in [0.05, 0.1) is 12.8 Å². The Bertz CT molecular complexity index is 298. The molecule has 0 aliphatic carbocycles. The first kappa shape index (κ1) is 39.5. The average Bonchev–Trinajstić information content (AvgIpc) is 2.40. The van der Waals surface area contributed by atoms with Gasteiger partial charge in [0.15, 0.2) is 5.60 Å². The van der Waals surface area contributed by atoms with E-state index >= 15 is 0 Å². The van der Waals surface area contributed by atoms with Crippen molar-refractivity contribution >= 4 is 30.3 Å². The second kappa shape index (κ2) is 31.3. The molecule has 12 N–H and O–H groups in total. The van der Waals surface area contributed by atoms with Crippen molar-refractivity contribution in [3.05, 3.63) is 0 Å². The average molecular weight is 409 g/mol. The van der Waals surface area contributed by atoms with Crippen molar-refractivity contribution in [1.82, 2.24) is 0 Å². The molecule has 11 nitrogen and oxygen atoms in total. The van der Waals surface area contributed by atoms with Gasteiger partial charge in [-0.2, -0.15) is 0 Å². The highest BCUT2D eigenvalue weighted by Gasteiger charge is 2.40. The number of halogens is 1. The van der Waals surface area contributed by atoms with Gasteiger partial charge in [0.2, 0.25) is 0 Å². The fraction of sp³-hybridized carbons (Fsp3) is 0.786. The summed E-state index contributed by atoms with van der Waals surface area (Å²) in [6.07, 6.45) is -2.29. The van der Waals surface area contributed by atoms with Crippen molar-refractivity contribution in [3.8, 4) is 0 Å². The Morgan fingerprint density at radius 3 is 0.923 bits per heavy atom. The minimum absolute atomic E-state index is 0. The van der Waals surface area contributed by atoms with Gasteiger partial charge in [0.25, 0.3) is 0 Å². The molecule has 0 aromatic rings. The predicted molar refractivity (Wildman–Crippen MR) is 103 cm³/mol. The van der Waals surface area contributed by atoms with E-state index in [1.807, 2.05) is 27.7 Å². The lowest BCUT2D eigenvalue weighted by Gasteiger charge is -2.18. The van der Waals surface area contributed by atoms with Crippen molar-refractivity contribution in [2.75, 3.05) is 26.2 Å². The molecule has 26 heavy (non-hydrogen) atoms. The van der Waals surface area contributed by atoms with Crippen LogP contribution >= 0.6 is 12.4 Å². The van der Waals surface area contributed by atoms with Gasteiger partial charge in [-0.05, 0) is 26.2 Å². The van der Waals surface area contributed by atoms with Gasteiger partial charge in [0, 0.05) is 0 Å². The quantitative estimate of drug-likeness (QED) is 0.275. The zero-order chi connectivity index (χ0) is 21.5. The summed E-state index contributed by atoms with van der Waals surface area (Å²) >= 11 is 0. The van der Waals surface area contributed by atoms with E-state index in [0.29, 0.717) is 0 Å². The van der Waals surface area contributed by atoms with Crippen LogP contribution in [0.1, 0.15) is 40.5 Å². The van der Waals surface area contributed by atoms with Crippen molar-refractivity contribution < 1.29 is 34.8 Å². The third-order valence-electron chi connectivity index (χ3n) is 1.29. The summed E-state index contributed by atoms with van der Waals surface area (Å²) < 4.78 is 0. The number of carboxylic acids is 3. The number of carbonyl (C=O) groups is 3. The second-order valence-electron chi connectivity index (χ2n) is 4.11. The fourth-order valence-corrected chi connectivity index (χ4v) is 0.714. The number of nitrogens with two attached hydrogens (primary N) is 4. The van der Waals surface area contributed by atoms with Gasteiger partial charge in [-0.25, -0.2) is 4.79 Å². The van der Waals surface area contributed by atoms with E-state index in [-0.39, 0.29) is 12.4 Å². The van der Waals surface area contributed by atoms with Crippen LogP contribution in [0.25, 0.3) is 0 Å². The molecule has 0 unspecified atom stereocenters. The maximum Gasteiger partial charge on any atom is 0.336 e. The Morgan fingerprint density at radius 2 is 0.846 bits per heavy atom. The van der Waals surface area contributed by atoms with E-state index in [0.717, 1.165) is 26.2 Å². The molecule has 0 aliphatic rings. The Balaban J connectivity index is -0.0000000635. The van der Waals surface area contributed by atoms with Crippen molar-refractivity contribution in [1.29, 1.82) is 0 Å². The maximum absolute atomic E-state index is 10.3. The van der Waals surface area contributed by atoms with E-state index in [4.69, 9.17) is 43.4 Å². The van der Waals surface area contributed by atoms with Crippen molar-refractivity contribution in [2.45, 2.75) is 46.1 Å². The molecule has 0 spiro atoms. The molecule has 162 valence electrons. The summed E-state index contributed by atoms with van der Waals surface area (Å²) in [5.41, 5.74) is 16.7. The van der Waals surface area contributed by atoms with Crippen LogP contribution in [0.4, 0.5) is 0 Å². The normalized spacial score (nSPS) is 8.19. The summed E-state index contributed by atoms with van der Waals surface area (Å²) in [7, 11) is 0. The van der Waals surface area contributed by atoms with Gasteiger partial charge < -0.3 is 43.4 Å². The molecule has 0 aliphatic heterocycles. The van der Waals surface area contributed by atoms with Gasteiger partial charge in [0.1, 0.15) is 0 Å². The van der Waals surface area contributed by atoms with E-state index in [9.17, 15) is 14.4 Å². The Labute approximate surface area is 161 Å². The van der Waals surface area contributed by atoms with E-state index in [2.05, 4.69) is 0 Å². The molecular weight excluding hydrogens is 372 g/mol. The molecule has 0 fully saturated rings. The zero-order valence-electron chi connectivity index (χ0n) is 16.0. The number of aliphatic carboxylic acids is 3. The molecule has 0 atom stereocenters. The van der Waals surface area contributed by atoms with Crippen LogP contribution in [0.3, 0.4) is 0 Å². The molecule has 0 radical (unpaired) electrons. The summed E-state index contributed by atoms with van der Waals surface area (Å²) in [4.78, 5) is 30.5. The molecule has 0 aromatic carbocycles. The van der Waals surface area contributed by atoms with Gasteiger partial charge >= 0.3 is 17.9 Å². The van der Waals surface area contributed by atoms with Crippen LogP contribution in [-0.2, 0) is 14.4 Å². The number of rotatable bonds is 5. The van der Waals surface area contributed by atoms with Crippen LogP contribution < -0.4 is 22.9 Å². The third-order valence-corrected chi connectivity index (χ3v) is 1.29. The first-order valence-electron chi connectivity index (χ1n) is 7.63. The van der Waals surface area contributed by atoms with Crippen molar-refractivity contribution in [3.63, 3.8) is 0 Å². The van der Waals surface area contributed by atoms with Crippen LogP contribution in [0, 0.1) is 0 Å². The highest BCUT2D eigenvalue weighted by Crippen LogP contribution is 2.15. The largest absolute Gasteiger partial charge is 0.481 e. The topological polar surface area (TPSA) is 236 Å². The van der Waals surface area contributed by atoms with Crippen LogP contribution in [0.5, 0.6) is 0 Å². The lowest BCUT2D eigenvalue weighted by molar-refractivity contribution is -0.170. The fourth-order valence-electron chi connectivity index (χ4n) is 0.714. The number of carboxylic acid groups (broad SMARTS) is 3. The van der Waals surface area contributed by atoms with E-state index in [1.54, 1.807) is 0 Å². The monoisotopic (exact) mass is 408 g/mol. The van der Waals surface area contributed by atoms with Crippen molar-refractivity contribution in [2.24, 2.45) is 22.9 Å². The zero-order valence-corrected chi connectivity index (χ0v) is 16.8. The SMILES string of the molecule is CCN.CCN.CCN.CCN.Cl.O=C(O)CC(O)(CC(=O)O)C(=O)O. The summed E-state index contributed by atoms with van der Waals surface area (Å²) in [5.74, 6) is -5.02. The number of hydrogen-bond acceptors (Lipinski definition) is 8. The molecule has 0 heterocycles. The van der Waals surface area contributed by atoms with Crippen LogP contribution in [0.2, 0.25) is 0 Å². The smallest absolute Gasteiger partial charge is 0.336 e. The van der Waals surface area contributed by atoms with Crippen LogP contribution in [0.15, 0.2) is 0 Å². The minimum Gasteiger partial charge on any atom is -0.481 e. The minimum atomic E-state index is -2.74. The van der Waals surface area contributed by atoms with Gasteiger partial charge in [-0.1, -0.05) is 27.7 Å². The lowest BCUT2D eigenvalue weighted by atomic mass is 9.96. The Kier molecular flexibility index (Phi) is 47.6. The van der Waals surface area contributed by atoms with Gasteiger partial charge in [-0.3, -0.25) is 9.59 Å². The molecule has 0 amide bonds. The van der Waals surface area contributed by atoms with E-state index < -0.39 is 36.4 Å². The van der Waals surface area contributed by atoms with E-state index in [1.165, 1.54) is 0 Å². The number of aliphatic hydroxyl groups is 1. The number of hydrogen-bond donors (Lipinski definition) is 8. The first-order chi connectivity index (χ1) is 11.4. The summed E-state index contributed by atoms with van der Waals surface area (Å²) in [5, 5.41) is 33.8. The predicted octanol–water partition coefficient (Wildman–Crippen LogP) is -0.967. The molecular formula is C14H37ClN4O7. The van der Waals surface area contributed by atoms with Gasteiger partial charge in [-0.15, -0.1) is 12.4 Å². The molecule has 0 bridgehead atoms. The molecule has 0 aromatic heterocycles. The summed E-state index contributed by atoms with van der Waals surface area (Å²) in [6, 6.07) is 0. The maximum atomic E-state index is 10.3. The highest BCUT2D eigenvalue weighted by atomic mass is 35.5. The molecule has 0 rings (SSSR count). The molecule has 0 saturated heterocycles. The Morgan fingerprint density at radius 1 is 0.692 bits per heavy atom. The van der Waals surface area contributed by atoms with Crippen LogP contribution in [-0.4, -0.2) is 70.1 Å². The standard InChI is InChI=1S/C6H8O7.4C2H7N.ClH/c7-3(8)1-6(13,5(11)12)2-4(9)10;4*1-2-3;/h13H,1-2H2,(H,7,8)(H,9,10)(H,11,12);4*2-3H2,1H3;1H. The Hall–Kier alpha value is -1.50. The lowest BCUT2D eigenvalue weighted by Crippen LogP contribution is -2.42. The molecule has 12 heteroatoms. The summed E-state index contributed by atoms with van der Waals surface area (Å²) in [6.45, 7) is 10.6. The second-order valence-corrected chi connectivity index (χ2v) is 4.11. The highest BCUT2D eigenvalue weighted by molar-refractivity contribution is 5.88. The molecule has 0 saturated carbocycles. The first-order valence-corrected chi connectivity index (χ1v) is 7.63. The third kappa shape index (κ3) is 49.5.